The summed E-state index contributed by atoms with van der Waals surface area (Å²) in [5.74, 6) is 0. The van der Waals surface area contributed by atoms with E-state index in [2.05, 4.69) is 35.8 Å². The molecule has 0 amide bonds. The zero-order valence-electron chi connectivity index (χ0n) is 14.9. The largest absolute Gasteiger partial charge is 0.384 e. The van der Waals surface area contributed by atoms with Crippen LogP contribution >= 0.6 is 0 Å². The molecule has 2 aromatic carbocycles. The highest BCUT2D eigenvalue weighted by Crippen LogP contribution is 2.30. The number of nitro benzene ring substituents is 1. The summed E-state index contributed by atoms with van der Waals surface area (Å²) in [5, 5.41) is 17.3. The molecule has 140 valence electrons. The zero-order chi connectivity index (χ0) is 17.8. The van der Waals surface area contributed by atoms with E-state index in [1.165, 1.54) is 28.8 Å². The molecule has 0 radical (unpaired) electrons. The number of aryl methyl sites for hydroxylation is 2. The first-order valence-electron chi connectivity index (χ1n) is 9.02. The molecule has 2 N–H and O–H groups in total. The molecule has 0 unspecified atom stereocenters. The van der Waals surface area contributed by atoms with E-state index < -0.39 is 0 Å². The van der Waals surface area contributed by atoms with Gasteiger partial charge in [0.05, 0.1) is 4.92 Å². The van der Waals surface area contributed by atoms with Crippen LogP contribution in [0.4, 0.5) is 17.1 Å². The van der Waals surface area contributed by atoms with Gasteiger partial charge in [-0.25, -0.2) is 0 Å². The average molecular weight is 355 g/mol. The van der Waals surface area contributed by atoms with E-state index in [1.54, 1.807) is 6.07 Å². The third kappa shape index (κ3) is 4.15. The standard InChI is InChI=1S/C10H12N2O2.C10H13N.CH4/c1-2-7-5-8-3-4-11-9(8)6-10(7)12(13)14;1-2-8-3-4-10-9(7-8)5-6-11-10;/h5-6,11H,2-4H2,1H3;3-4,7,11H,2,5-6H2,1H3;1H4. The van der Waals surface area contributed by atoms with Gasteiger partial charge in [-0.2, -0.15) is 0 Å². The molecule has 2 aliphatic rings. The van der Waals surface area contributed by atoms with Gasteiger partial charge in [-0.15, -0.1) is 0 Å². The zero-order valence-corrected chi connectivity index (χ0v) is 14.9. The highest BCUT2D eigenvalue weighted by Gasteiger charge is 2.19. The number of nitrogens with one attached hydrogen (secondary N) is 2. The lowest BCUT2D eigenvalue weighted by molar-refractivity contribution is -0.385. The fraction of sp³-hybridized carbons (Fsp3) is 0.429. The molecule has 0 aliphatic carbocycles. The Bertz CT molecular complexity index is 787. The van der Waals surface area contributed by atoms with Gasteiger partial charge in [0, 0.05) is 36.1 Å². The van der Waals surface area contributed by atoms with Crippen molar-refractivity contribution in [3.8, 4) is 0 Å². The van der Waals surface area contributed by atoms with Crippen LogP contribution in [0.25, 0.3) is 0 Å². The number of hydrogen-bond donors (Lipinski definition) is 2. The molecule has 0 saturated heterocycles. The topological polar surface area (TPSA) is 67.2 Å². The molecule has 2 heterocycles. The van der Waals surface area contributed by atoms with Crippen LogP contribution in [0.2, 0.25) is 0 Å². The number of nitrogens with zero attached hydrogens (tertiary/aromatic N) is 1. The first kappa shape index (κ1) is 19.8. The van der Waals surface area contributed by atoms with E-state index in [-0.39, 0.29) is 18.0 Å². The van der Waals surface area contributed by atoms with Gasteiger partial charge in [0.1, 0.15) is 0 Å². The summed E-state index contributed by atoms with van der Waals surface area (Å²) < 4.78 is 0. The van der Waals surface area contributed by atoms with Crippen LogP contribution in [0, 0.1) is 10.1 Å². The Labute approximate surface area is 156 Å². The smallest absolute Gasteiger partial charge is 0.274 e. The van der Waals surface area contributed by atoms with E-state index in [9.17, 15) is 10.1 Å². The van der Waals surface area contributed by atoms with Crippen molar-refractivity contribution in [1.29, 1.82) is 0 Å². The van der Waals surface area contributed by atoms with Crippen molar-refractivity contribution < 1.29 is 4.92 Å². The summed E-state index contributed by atoms with van der Waals surface area (Å²) in [4.78, 5) is 10.5. The molecule has 4 rings (SSSR count). The highest BCUT2D eigenvalue weighted by atomic mass is 16.6. The summed E-state index contributed by atoms with van der Waals surface area (Å²) in [6, 6.07) is 10.3. The van der Waals surface area contributed by atoms with Gasteiger partial charge < -0.3 is 10.6 Å². The summed E-state index contributed by atoms with van der Waals surface area (Å²) in [5.41, 5.74) is 7.47. The second kappa shape index (κ2) is 8.70. The van der Waals surface area contributed by atoms with Crippen LogP contribution in [0.15, 0.2) is 30.3 Å². The van der Waals surface area contributed by atoms with Crippen LogP contribution in [0.5, 0.6) is 0 Å². The average Bonchev–Trinajstić information content (AvgIpc) is 3.28. The molecule has 2 aromatic rings. The van der Waals surface area contributed by atoms with Crippen molar-refractivity contribution in [2.45, 2.75) is 47.0 Å². The molecule has 0 spiro atoms. The van der Waals surface area contributed by atoms with Gasteiger partial charge in [0.15, 0.2) is 0 Å². The minimum atomic E-state index is -0.306. The van der Waals surface area contributed by atoms with E-state index in [0.29, 0.717) is 6.42 Å². The van der Waals surface area contributed by atoms with Gasteiger partial charge in [0.25, 0.3) is 5.69 Å². The van der Waals surface area contributed by atoms with E-state index in [0.717, 1.165) is 37.2 Å². The first-order chi connectivity index (χ1) is 12.1. The number of nitro groups is 1. The second-order valence-electron chi connectivity index (χ2n) is 6.45. The van der Waals surface area contributed by atoms with Crippen molar-refractivity contribution in [2.75, 3.05) is 23.7 Å². The summed E-state index contributed by atoms with van der Waals surface area (Å²) in [7, 11) is 0. The van der Waals surface area contributed by atoms with E-state index in [1.807, 2.05) is 13.0 Å². The maximum Gasteiger partial charge on any atom is 0.274 e. The van der Waals surface area contributed by atoms with Crippen molar-refractivity contribution in [2.24, 2.45) is 0 Å². The van der Waals surface area contributed by atoms with Gasteiger partial charge in [0.2, 0.25) is 0 Å². The molecule has 0 aromatic heterocycles. The molecule has 5 heteroatoms. The highest BCUT2D eigenvalue weighted by molar-refractivity contribution is 5.63. The third-order valence-corrected chi connectivity index (χ3v) is 4.88. The molecule has 0 saturated carbocycles. The quantitative estimate of drug-likeness (QED) is 0.602. The van der Waals surface area contributed by atoms with Crippen LogP contribution in [0.3, 0.4) is 0 Å². The molecule has 2 aliphatic heterocycles. The Morgan fingerprint density at radius 3 is 2.23 bits per heavy atom. The second-order valence-corrected chi connectivity index (χ2v) is 6.45. The molecular weight excluding hydrogens is 326 g/mol. The summed E-state index contributed by atoms with van der Waals surface area (Å²) >= 11 is 0. The number of hydrogen-bond acceptors (Lipinski definition) is 4. The van der Waals surface area contributed by atoms with Gasteiger partial charge in [-0.3, -0.25) is 10.1 Å². The van der Waals surface area contributed by atoms with Crippen molar-refractivity contribution in [1.82, 2.24) is 0 Å². The minimum absolute atomic E-state index is 0. The Morgan fingerprint density at radius 1 is 0.962 bits per heavy atom. The Hall–Kier alpha value is -2.56. The van der Waals surface area contributed by atoms with Gasteiger partial charge >= 0.3 is 0 Å². The number of benzene rings is 2. The predicted molar refractivity (Wildman–Crippen MR) is 109 cm³/mol. The van der Waals surface area contributed by atoms with Crippen LogP contribution in [-0.4, -0.2) is 18.0 Å². The first-order valence-corrected chi connectivity index (χ1v) is 9.02. The summed E-state index contributed by atoms with van der Waals surface area (Å²) in [6.45, 7) is 6.14. The van der Waals surface area contributed by atoms with Crippen LogP contribution < -0.4 is 10.6 Å². The number of anilines is 2. The van der Waals surface area contributed by atoms with Crippen molar-refractivity contribution >= 4 is 17.1 Å². The molecular formula is C21H29N3O2. The maximum atomic E-state index is 10.8. The normalized spacial score (nSPS) is 13.3. The van der Waals surface area contributed by atoms with Crippen molar-refractivity contribution in [3.05, 3.63) is 62.7 Å². The van der Waals surface area contributed by atoms with Crippen LogP contribution in [-0.2, 0) is 25.7 Å². The lowest BCUT2D eigenvalue weighted by atomic mass is 10.0. The Morgan fingerprint density at radius 2 is 1.62 bits per heavy atom. The van der Waals surface area contributed by atoms with E-state index >= 15 is 0 Å². The molecule has 0 bridgehead atoms. The molecule has 26 heavy (non-hydrogen) atoms. The van der Waals surface area contributed by atoms with Gasteiger partial charge in [-0.1, -0.05) is 33.4 Å². The SMILES string of the molecule is C.CCc1cc2c(cc1[N+](=O)[O-])NCC2.CCc1ccc2c(c1)CCN2. The minimum Gasteiger partial charge on any atom is -0.384 e. The Kier molecular flexibility index (Phi) is 6.61. The monoisotopic (exact) mass is 355 g/mol. The lowest BCUT2D eigenvalue weighted by Gasteiger charge is -2.04. The van der Waals surface area contributed by atoms with E-state index in [4.69, 9.17) is 0 Å². The van der Waals surface area contributed by atoms with Crippen LogP contribution in [0.1, 0.15) is 43.5 Å². The fourth-order valence-corrected chi connectivity index (χ4v) is 3.42. The Balaban J connectivity index is 0.000000184. The van der Waals surface area contributed by atoms with Crippen molar-refractivity contribution in [3.63, 3.8) is 0 Å². The molecule has 5 nitrogen and oxygen atoms in total. The molecule has 0 atom stereocenters. The maximum absolute atomic E-state index is 10.8. The predicted octanol–water partition coefficient (Wildman–Crippen LogP) is 4.98. The number of fused-ring (bicyclic) bond motifs is 2. The third-order valence-electron chi connectivity index (χ3n) is 4.88. The fourth-order valence-electron chi connectivity index (χ4n) is 3.42. The number of rotatable bonds is 3. The molecule has 0 fully saturated rings. The van der Waals surface area contributed by atoms with Gasteiger partial charge in [-0.05, 0) is 54.5 Å². The summed E-state index contributed by atoms with van der Waals surface area (Å²) in [6.07, 6.45) is 4.03. The lowest BCUT2D eigenvalue weighted by Crippen LogP contribution is -1.96.